The summed E-state index contributed by atoms with van der Waals surface area (Å²) in [7, 11) is 0. The Hall–Kier alpha value is -2.10. The van der Waals surface area contributed by atoms with Crippen LogP contribution in [0.2, 0.25) is 0 Å². The lowest BCUT2D eigenvalue weighted by Gasteiger charge is -2.07. The molecule has 1 heterocycles. The van der Waals surface area contributed by atoms with E-state index in [4.69, 9.17) is 0 Å². The number of aromatic amines is 1. The summed E-state index contributed by atoms with van der Waals surface area (Å²) in [6.07, 6.45) is 2.96. The molecular weight excluding hydrogens is 204 g/mol. The Kier molecular flexibility index (Phi) is 2.48. The van der Waals surface area contributed by atoms with Crippen molar-refractivity contribution in [3.63, 3.8) is 0 Å². The molecule has 0 bridgehead atoms. The van der Waals surface area contributed by atoms with Gasteiger partial charge in [-0.15, -0.1) is 0 Å². The fourth-order valence-corrected chi connectivity index (χ4v) is 1.76. The van der Waals surface area contributed by atoms with Gasteiger partial charge in [-0.3, -0.25) is 9.89 Å². The molecule has 0 atom stereocenters. The number of H-pyrrole nitrogens is 1. The van der Waals surface area contributed by atoms with Gasteiger partial charge < -0.3 is 5.11 Å². The summed E-state index contributed by atoms with van der Waals surface area (Å²) in [5, 5.41) is 16.1. The Morgan fingerprint density at radius 1 is 1.38 bits per heavy atom. The van der Waals surface area contributed by atoms with Crippen molar-refractivity contribution >= 4 is 5.78 Å². The molecule has 2 rings (SSSR count). The van der Waals surface area contributed by atoms with Crippen LogP contribution in [0.3, 0.4) is 0 Å². The highest BCUT2D eigenvalue weighted by Crippen LogP contribution is 2.25. The second-order valence-corrected chi connectivity index (χ2v) is 3.79. The van der Waals surface area contributed by atoms with E-state index < -0.39 is 0 Å². The molecule has 2 aromatic rings. The van der Waals surface area contributed by atoms with Gasteiger partial charge in [0.25, 0.3) is 0 Å². The summed E-state index contributed by atoms with van der Waals surface area (Å²) in [5.74, 6) is -0.201. The zero-order valence-electron chi connectivity index (χ0n) is 9.11. The summed E-state index contributed by atoms with van der Waals surface area (Å²) in [4.78, 5) is 12.0. The van der Waals surface area contributed by atoms with E-state index in [-0.39, 0.29) is 11.5 Å². The maximum Gasteiger partial charge on any atom is 0.200 e. The molecule has 0 spiro atoms. The first-order valence-electron chi connectivity index (χ1n) is 4.93. The molecule has 0 aliphatic rings. The molecule has 0 amide bonds. The first-order chi connectivity index (χ1) is 7.59. The molecule has 1 aromatic heterocycles. The maximum absolute atomic E-state index is 12.0. The SMILES string of the molecule is Cc1cc(C)c(C(=O)c2cn[nH]c2)c(O)c1. The first kappa shape index (κ1) is 10.4. The van der Waals surface area contributed by atoms with Crippen LogP contribution in [0.5, 0.6) is 5.75 Å². The van der Waals surface area contributed by atoms with Gasteiger partial charge in [0.2, 0.25) is 0 Å². The minimum atomic E-state index is -0.219. The van der Waals surface area contributed by atoms with Gasteiger partial charge in [-0.2, -0.15) is 5.10 Å². The third kappa shape index (κ3) is 1.69. The molecule has 0 fully saturated rings. The number of aromatic nitrogens is 2. The average Bonchev–Trinajstić information content (AvgIpc) is 2.67. The average molecular weight is 216 g/mol. The van der Waals surface area contributed by atoms with E-state index in [1.807, 2.05) is 13.0 Å². The number of nitrogens with one attached hydrogen (secondary N) is 1. The smallest absolute Gasteiger partial charge is 0.200 e. The fraction of sp³-hybridized carbons (Fsp3) is 0.167. The van der Waals surface area contributed by atoms with Crippen LogP contribution in [0.1, 0.15) is 27.0 Å². The highest BCUT2D eigenvalue weighted by Gasteiger charge is 2.17. The normalized spacial score (nSPS) is 10.4. The van der Waals surface area contributed by atoms with Gasteiger partial charge in [0.05, 0.1) is 17.3 Å². The molecular formula is C12H12N2O2. The van der Waals surface area contributed by atoms with Crippen LogP contribution in [-0.4, -0.2) is 21.1 Å². The number of hydrogen-bond acceptors (Lipinski definition) is 3. The van der Waals surface area contributed by atoms with Gasteiger partial charge in [-0.25, -0.2) is 0 Å². The lowest BCUT2D eigenvalue weighted by molar-refractivity contribution is 0.103. The molecule has 0 aliphatic carbocycles. The number of phenolic OH excluding ortho intramolecular Hbond substituents is 1. The van der Waals surface area contributed by atoms with Crippen LogP contribution in [0.15, 0.2) is 24.5 Å². The van der Waals surface area contributed by atoms with Crippen molar-refractivity contribution < 1.29 is 9.90 Å². The van der Waals surface area contributed by atoms with E-state index in [0.29, 0.717) is 11.1 Å². The monoisotopic (exact) mass is 216 g/mol. The molecule has 0 radical (unpaired) electrons. The summed E-state index contributed by atoms with van der Waals surface area (Å²) in [5.41, 5.74) is 2.48. The van der Waals surface area contributed by atoms with Crippen molar-refractivity contribution in [2.75, 3.05) is 0 Å². The van der Waals surface area contributed by atoms with E-state index >= 15 is 0 Å². The maximum atomic E-state index is 12.0. The van der Waals surface area contributed by atoms with Crippen LogP contribution >= 0.6 is 0 Å². The van der Waals surface area contributed by atoms with E-state index in [0.717, 1.165) is 11.1 Å². The van der Waals surface area contributed by atoms with Crippen molar-refractivity contribution in [2.45, 2.75) is 13.8 Å². The molecule has 4 nitrogen and oxygen atoms in total. The highest BCUT2D eigenvalue weighted by atomic mass is 16.3. The highest BCUT2D eigenvalue weighted by molar-refractivity contribution is 6.11. The Labute approximate surface area is 92.9 Å². The summed E-state index contributed by atoms with van der Waals surface area (Å²) >= 11 is 0. The van der Waals surface area contributed by atoms with Crippen LogP contribution in [-0.2, 0) is 0 Å². The number of ketones is 1. The molecule has 0 aliphatic heterocycles. The summed E-state index contributed by atoms with van der Waals surface area (Å²) in [6, 6.07) is 3.45. The minimum absolute atomic E-state index is 0.0173. The summed E-state index contributed by atoms with van der Waals surface area (Å²) < 4.78 is 0. The quantitative estimate of drug-likeness (QED) is 0.754. The number of rotatable bonds is 2. The number of benzene rings is 1. The standard InChI is InChI=1S/C12H12N2O2/c1-7-3-8(2)11(10(15)4-7)12(16)9-5-13-14-6-9/h3-6,15H,1-2H3,(H,13,14). The summed E-state index contributed by atoms with van der Waals surface area (Å²) in [6.45, 7) is 3.68. The van der Waals surface area contributed by atoms with Crippen LogP contribution in [0.25, 0.3) is 0 Å². The Morgan fingerprint density at radius 2 is 2.12 bits per heavy atom. The topological polar surface area (TPSA) is 66.0 Å². The van der Waals surface area contributed by atoms with Gasteiger partial charge >= 0.3 is 0 Å². The van der Waals surface area contributed by atoms with Gasteiger partial charge in [0.15, 0.2) is 5.78 Å². The van der Waals surface area contributed by atoms with Crippen molar-refractivity contribution in [1.29, 1.82) is 0 Å². The molecule has 16 heavy (non-hydrogen) atoms. The molecule has 1 aromatic carbocycles. The molecule has 0 unspecified atom stereocenters. The van der Waals surface area contributed by atoms with E-state index in [2.05, 4.69) is 10.2 Å². The number of carbonyl (C=O) groups excluding carboxylic acids is 1. The molecule has 0 saturated heterocycles. The third-order valence-corrected chi connectivity index (χ3v) is 2.45. The third-order valence-electron chi connectivity index (χ3n) is 2.45. The Bertz CT molecular complexity index is 507. The van der Waals surface area contributed by atoms with Crippen molar-refractivity contribution in [2.24, 2.45) is 0 Å². The van der Waals surface area contributed by atoms with E-state index in [9.17, 15) is 9.90 Å². The van der Waals surface area contributed by atoms with Crippen molar-refractivity contribution in [3.8, 4) is 5.75 Å². The number of carbonyl (C=O) groups is 1. The van der Waals surface area contributed by atoms with Gasteiger partial charge in [0, 0.05) is 6.20 Å². The largest absolute Gasteiger partial charge is 0.507 e. The fourth-order valence-electron chi connectivity index (χ4n) is 1.76. The molecule has 4 heteroatoms. The number of aromatic hydroxyl groups is 1. The van der Waals surface area contributed by atoms with Crippen molar-refractivity contribution in [3.05, 3.63) is 46.8 Å². The van der Waals surface area contributed by atoms with Crippen molar-refractivity contribution in [1.82, 2.24) is 10.2 Å². The zero-order valence-corrected chi connectivity index (χ0v) is 9.11. The molecule has 0 saturated carbocycles. The minimum Gasteiger partial charge on any atom is -0.507 e. The molecule has 2 N–H and O–H groups in total. The Balaban J connectivity index is 2.53. The Morgan fingerprint density at radius 3 is 2.69 bits per heavy atom. The number of nitrogens with zero attached hydrogens (tertiary/aromatic N) is 1. The molecule has 82 valence electrons. The predicted octanol–water partition coefficient (Wildman–Crippen LogP) is 1.96. The van der Waals surface area contributed by atoms with E-state index in [1.165, 1.54) is 12.4 Å². The first-order valence-corrected chi connectivity index (χ1v) is 4.93. The van der Waals surface area contributed by atoms with Crippen LogP contribution in [0, 0.1) is 13.8 Å². The van der Waals surface area contributed by atoms with E-state index in [1.54, 1.807) is 13.0 Å². The number of phenols is 1. The number of aryl methyl sites for hydroxylation is 2. The predicted molar refractivity (Wildman–Crippen MR) is 59.6 cm³/mol. The van der Waals surface area contributed by atoms with Gasteiger partial charge in [0.1, 0.15) is 5.75 Å². The second-order valence-electron chi connectivity index (χ2n) is 3.79. The number of hydrogen-bond donors (Lipinski definition) is 2. The van der Waals surface area contributed by atoms with Crippen LogP contribution < -0.4 is 0 Å². The van der Waals surface area contributed by atoms with Crippen LogP contribution in [0.4, 0.5) is 0 Å². The lowest BCUT2D eigenvalue weighted by Crippen LogP contribution is -2.03. The second kappa shape index (κ2) is 3.81. The lowest BCUT2D eigenvalue weighted by atomic mass is 9.98. The zero-order chi connectivity index (χ0) is 11.7. The van der Waals surface area contributed by atoms with Gasteiger partial charge in [-0.1, -0.05) is 6.07 Å². The van der Waals surface area contributed by atoms with Gasteiger partial charge in [-0.05, 0) is 31.0 Å².